The fraction of sp³-hybridized carbons (Fsp3) is 0.444. The fourth-order valence-corrected chi connectivity index (χ4v) is 3.28. The van der Waals surface area contributed by atoms with Crippen LogP contribution >= 0.6 is 11.3 Å². The standard InChI is InChI=1S/C18H24N2O2S/c1-4-14(2)20(12-16-8-6-5-7-9-16)17(21)10-11-19-15(3)13-23-18(19)22/h5-9,13-14H,4,10-12H2,1-3H3. The van der Waals surface area contributed by atoms with Crippen molar-refractivity contribution in [1.82, 2.24) is 9.47 Å². The Labute approximate surface area is 141 Å². The van der Waals surface area contributed by atoms with E-state index in [1.54, 1.807) is 4.57 Å². The molecule has 5 heteroatoms. The maximum atomic E-state index is 12.7. The van der Waals surface area contributed by atoms with Crippen molar-refractivity contribution in [2.24, 2.45) is 0 Å². The minimum atomic E-state index is 0.00782. The normalized spacial score (nSPS) is 12.1. The molecule has 0 bridgehead atoms. The number of hydrogen-bond donors (Lipinski definition) is 0. The summed E-state index contributed by atoms with van der Waals surface area (Å²) in [6.45, 7) is 7.13. The van der Waals surface area contributed by atoms with E-state index in [0.29, 0.717) is 19.5 Å². The first-order valence-electron chi connectivity index (χ1n) is 8.01. The number of rotatable bonds is 7. The number of benzene rings is 1. The van der Waals surface area contributed by atoms with E-state index in [0.717, 1.165) is 17.7 Å². The third kappa shape index (κ3) is 4.55. The van der Waals surface area contributed by atoms with Crippen LogP contribution in [0.15, 0.2) is 40.5 Å². The molecule has 0 fully saturated rings. The molecule has 0 saturated carbocycles. The van der Waals surface area contributed by atoms with Crippen molar-refractivity contribution in [3.63, 3.8) is 0 Å². The van der Waals surface area contributed by atoms with Crippen LogP contribution in [0.3, 0.4) is 0 Å². The first kappa shape index (κ1) is 17.5. The molecule has 2 rings (SSSR count). The van der Waals surface area contributed by atoms with Crippen molar-refractivity contribution in [3.05, 3.63) is 56.6 Å². The van der Waals surface area contributed by atoms with E-state index in [1.165, 1.54) is 11.3 Å². The largest absolute Gasteiger partial charge is 0.336 e. The first-order chi connectivity index (χ1) is 11.0. The van der Waals surface area contributed by atoms with Gasteiger partial charge in [0.25, 0.3) is 0 Å². The molecule has 0 spiro atoms. The molecular weight excluding hydrogens is 308 g/mol. The van der Waals surface area contributed by atoms with Crippen LogP contribution in [0.1, 0.15) is 37.9 Å². The zero-order chi connectivity index (χ0) is 16.8. The zero-order valence-electron chi connectivity index (χ0n) is 14.0. The fourth-order valence-electron chi connectivity index (χ4n) is 2.52. The molecule has 0 aliphatic carbocycles. The summed E-state index contributed by atoms with van der Waals surface area (Å²) >= 11 is 1.19. The highest BCUT2D eigenvalue weighted by molar-refractivity contribution is 7.07. The third-order valence-corrected chi connectivity index (χ3v) is 5.05. The van der Waals surface area contributed by atoms with Crippen LogP contribution in [0.25, 0.3) is 0 Å². The van der Waals surface area contributed by atoms with E-state index in [9.17, 15) is 9.59 Å². The summed E-state index contributed by atoms with van der Waals surface area (Å²) < 4.78 is 1.68. The van der Waals surface area contributed by atoms with E-state index >= 15 is 0 Å². The van der Waals surface area contributed by atoms with Gasteiger partial charge in [0.15, 0.2) is 0 Å². The summed E-state index contributed by atoms with van der Waals surface area (Å²) in [4.78, 5) is 26.4. The monoisotopic (exact) mass is 332 g/mol. The van der Waals surface area contributed by atoms with Crippen LogP contribution in [-0.2, 0) is 17.9 Å². The van der Waals surface area contributed by atoms with E-state index in [-0.39, 0.29) is 16.8 Å². The molecule has 1 amide bonds. The molecule has 0 radical (unpaired) electrons. The van der Waals surface area contributed by atoms with Gasteiger partial charge in [0, 0.05) is 36.6 Å². The number of hydrogen-bond acceptors (Lipinski definition) is 3. The maximum Gasteiger partial charge on any atom is 0.307 e. The number of thiazole rings is 1. The molecular formula is C18H24N2O2S. The Balaban J connectivity index is 2.06. The Kier molecular flexibility index (Phi) is 6.16. The van der Waals surface area contributed by atoms with E-state index in [1.807, 2.05) is 47.5 Å². The van der Waals surface area contributed by atoms with Crippen molar-refractivity contribution >= 4 is 17.2 Å². The van der Waals surface area contributed by atoms with E-state index < -0.39 is 0 Å². The van der Waals surface area contributed by atoms with Gasteiger partial charge in [-0.25, -0.2) is 0 Å². The SMILES string of the molecule is CCC(C)N(Cc1ccccc1)C(=O)CCn1c(C)csc1=O. The molecule has 23 heavy (non-hydrogen) atoms. The van der Waals surface area contributed by atoms with Crippen molar-refractivity contribution in [2.75, 3.05) is 0 Å². The van der Waals surface area contributed by atoms with Crippen molar-refractivity contribution in [3.8, 4) is 0 Å². The lowest BCUT2D eigenvalue weighted by molar-refractivity contribution is -0.134. The Morgan fingerprint density at radius 2 is 2.00 bits per heavy atom. The van der Waals surface area contributed by atoms with Crippen molar-refractivity contribution < 1.29 is 4.79 Å². The molecule has 1 heterocycles. The average molecular weight is 332 g/mol. The third-order valence-electron chi connectivity index (χ3n) is 4.16. The molecule has 0 N–H and O–H groups in total. The van der Waals surface area contributed by atoms with E-state index in [2.05, 4.69) is 13.8 Å². The lowest BCUT2D eigenvalue weighted by atomic mass is 10.1. The molecule has 1 aromatic heterocycles. The number of nitrogens with zero attached hydrogens (tertiary/aromatic N) is 2. The van der Waals surface area contributed by atoms with Crippen LogP contribution < -0.4 is 4.87 Å². The number of aromatic nitrogens is 1. The quantitative estimate of drug-likeness (QED) is 0.779. The number of amides is 1. The summed E-state index contributed by atoms with van der Waals surface area (Å²) in [5.41, 5.74) is 2.05. The molecule has 0 aliphatic rings. The van der Waals surface area contributed by atoms with Crippen molar-refractivity contribution in [2.45, 2.75) is 52.7 Å². The van der Waals surface area contributed by atoms with Gasteiger partial charge in [-0.15, -0.1) is 0 Å². The van der Waals surface area contributed by atoms with Gasteiger partial charge < -0.3 is 9.47 Å². The average Bonchev–Trinajstić information content (AvgIpc) is 2.89. The van der Waals surface area contributed by atoms with Gasteiger partial charge >= 0.3 is 4.87 Å². The van der Waals surface area contributed by atoms with Gasteiger partial charge in [-0.1, -0.05) is 48.6 Å². The summed E-state index contributed by atoms with van der Waals surface area (Å²) in [5, 5.41) is 1.84. The molecule has 0 aliphatic heterocycles. The summed E-state index contributed by atoms with van der Waals surface area (Å²) in [5.74, 6) is 0.0979. The first-order valence-corrected chi connectivity index (χ1v) is 8.89. The van der Waals surface area contributed by atoms with Gasteiger partial charge in [-0.2, -0.15) is 0 Å². The lowest BCUT2D eigenvalue weighted by Crippen LogP contribution is -2.38. The predicted octanol–water partition coefficient (Wildman–Crippen LogP) is 3.44. The minimum Gasteiger partial charge on any atom is -0.336 e. The zero-order valence-corrected chi connectivity index (χ0v) is 14.8. The predicted molar refractivity (Wildman–Crippen MR) is 94.7 cm³/mol. The van der Waals surface area contributed by atoms with Gasteiger partial charge in [-0.3, -0.25) is 9.59 Å². The second kappa shape index (κ2) is 8.11. The summed E-state index contributed by atoms with van der Waals surface area (Å²) in [6, 6.07) is 10.2. The van der Waals surface area contributed by atoms with Gasteiger partial charge in [0.2, 0.25) is 5.91 Å². The molecule has 2 aromatic rings. The topological polar surface area (TPSA) is 42.3 Å². The molecule has 0 saturated heterocycles. The Bertz CT molecular complexity index is 691. The molecule has 4 nitrogen and oxygen atoms in total. The second-order valence-electron chi connectivity index (χ2n) is 5.81. The van der Waals surface area contributed by atoms with Crippen LogP contribution in [0, 0.1) is 6.92 Å². The Morgan fingerprint density at radius 1 is 1.30 bits per heavy atom. The number of aryl methyl sites for hydroxylation is 1. The lowest BCUT2D eigenvalue weighted by Gasteiger charge is -2.29. The maximum absolute atomic E-state index is 12.7. The Morgan fingerprint density at radius 3 is 2.57 bits per heavy atom. The van der Waals surface area contributed by atoms with Crippen molar-refractivity contribution in [1.29, 1.82) is 0 Å². The molecule has 124 valence electrons. The van der Waals surface area contributed by atoms with Gasteiger partial charge in [-0.05, 0) is 25.8 Å². The number of carbonyl (C=O) groups excluding carboxylic acids is 1. The highest BCUT2D eigenvalue weighted by Crippen LogP contribution is 2.13. The molecule has 1 atom stereocenters. The Hall–Kier alpha value is -1.88. The minimum absolute atomic E-state index is 0.00782. The molecule has 1 unspecified atom stereocenters. The van der Waals surface area contributed by atoms with Gasteiger partial charge in [0.1, 0.15) is 0 Å². The van der Waals surface area contributed by atoms with E-state index in [4.69, 9.17) is 0 Å². The van der Waals surface area contributed by atoms with Crippen LogP contribution in [-0.4, -0.2) is 21.4 Å². The number of carbonyl (C=O) groups is 1. The van der Waals surface area contributed by atoms with Crippen LogP contribution in [0.5, 0.6) is 0 Å². The summed E-state index contributed by atoms with van der Waals surface area (Å²) in [7, 11) is 0. The van der Waals surface area contributed by atoms with Crippen LogP contribution in [0.2, 0.25) is 0 Å². The highest BCUT2D eigenvalue weighted by atomic mass is 32.1. The van der Waals surface area contributed by atoms with Crippen LogP contribution in [0.4, 0.5) is 0 Å². The smallest absolute Gasteiger partial charge is 0.307 e. The highest BCUT2D eigenvalue weighted by Gasteiger charge is 2.19. The van der Waals surface area contributed by atoms with Gasteiger partial charge in [0.05, 0.1) is 0 Å². The molecule has 1 aromatic carbocycles. The second-order valence-corrected chi connectivity index (χ2v) is 6.63. The summed E-state index contributed by atoms with van der Waals surface area (Å²) in [6.07, 6.45) is 1.27.